The minimum absolute atomic E-state index is 0.0250. The first-order valence-corrected chi connectivity index (χ1v) is 6.54. The molecule has 110 valence electrons. The Bertz CT molecular complexity index is 488. The van der Waals surface area contributed by atoms with Crippen molar-refractivity contribution in [3.63, 3.8) is 0 Å². The van der Waals surface area contributed by atoms with Gasteiger partial charge in [-0.1, -0.05) is 6.92 Å². The summed E-state index contributed by atoms with van der Waals surface area (Å²) in [4.78, 5) is 18.3. The number of nitro groups is 1. The Morgan fingerprint density at radius 1 is 1.50 bits per heavy atom. The Morgan fingerprint density at radius 2 is 2.20 bits per heavy atom. The van der Waals surface area contributed by atoms with Crippen molar-refractivity contribution in [2.75, 3.05) is 32.1 Å². The highest BCUT2D eigenvalue weighted by atomic mass is 16.6. The number of nitrogens with zero attached hydrogens (tertiary/aromatic N) is 3. The molecule has 0 bridgehead atoms. The largest absolute Gasteiger partial charge is 0.476 e. The van der Waals surface area contributed by atoms with Crippen LogP contribution in [0, 0.1) is 15.5 Å². The molecule has 20 heavy (non-hydrogen) atoms. The average molecular weight is 281 g/mol. The van der Waals surface area contributed by atoms with E-state index in [0.717, 1.165) is 25.9 Å². The maximum Gasteiger partial charge on any atom is 0.372 e. The van der Waals surface area contributed by atoms with E-state index in [1.807, 2.05) is 0 Å². The molecule has 1 saturated heterocycles. The molecule has 0 atom stereocenters. The molecular formula is C12H19N5O3. The average Bonchev–Trinajstić information content (AvgIpc) is 2.45. The Hall–Kier alpha value is -1.96. The lowest BCUT2D eigenvalue weighted by atomic mass is 9.81. The van der Waals surface area contributed by atoms with E-state index < -0.39 is 4.92 Å². The predicted molar refractivity (Wildman–Crippen MR) is 73.9 cm³/mol. The molecule has 1 fully saturated rings. The smallest absolute Gasteiger partial charge is 0.372 e. The molecule has 2 rings (SSSR count). The highest BCUT2D eigenvalue weighted by molar-refractivity contribution is 5.61. The molecule has 8 nitrogen and oxygen atoms in total. The van der Waals surface area contributed by atoms with Crippen molar-refractivity contribution in [1.29, 1.82) is 0 Å². The number of rotatable bonds is 5. The molecular weight excluding hydrogens is 262 g/mol. The second-order valence-electron chi connectivity index (χ2n) is 5.25. The minimum atomic E-state index is -0.522. The predicted octanol–water partition coefficient (Wildman–Crippen LogP) is 1.20. The summed E-state index contributed by atoms with van der Waals surface area (Å²) in [6, 6.07) is 0. The van der Waals surface area contributed by atoms with Crippen LogP contribution in [0.25, 0.3) is 0 Å². The summed E-state index contributed by atoms with van der Waals surface area (Å²) < 4.78 is 4.92. The van der Waals surface area contributed by atoms with Gasteiger partial charge in [-0.05, 0) is 31.3 Å². The van der Waals surface area contributed by atoms with E-state index in [1.165, 1.54) is 13.4 Å². The lowest BCUT2D eigenvalue weighted by molar-refractivity contribution is -0.385. The van der Waals surface area contributed by atoms with E-state index in [0.29, 0.717) is 6.54 Å². The fourth-order valence-electron chi connectivity index (χ4n) is 2.31. The van der Waals surface area contributed by atoms with Gasteiger partial charge in [0.1, 0.15) is 6.33 Å². The molecule has 1 aliphatic rings. The second-order valence-corrected chi connectivity index (χ2v) is 5.25. The molecule has 0 spiro atoms. The van der Waals surface area contributed by atoms with E-state index in [4.69, 9.17) is 4.74 Å². The number of nitrogens with one attached hydrogen (secondary N) is 2. The number of methoxy groups -OCH3 is 1. The van der Waals surface area contributed by atoms with Crippen molar-refractivity contribution in [1.82, 2.24) is 15.3 Å². The number of hydrogen-bond acceptors (Lipinski definition) is 7. The summed E-state index contributed by atoms with van der Waals surface area (Å²) in [6.45, 7) is 4.74. The van der Waals surface area contributed by atoms with Crippen molar-refractivity contribution in [2.24, 2.45) is 5.41 Å². The van der Waals surface area contributed by atoms with Crippen LogP contribution in [0.4, 0.5) is 11.5 Å². The summed E-state index contributed by atoms with van der Waals surface area (Å²) in [7, 11) is 1.35. The second kappa shape index (κ2) is 6.00. The summed E-state index contributed by atoms with van der Waals surface area (Å²) in [6.07, 6.45) is 3.31. The standard InChI is InChI=1S/C12H19N5O3/c1-12(3-5-13-6-4-12)7-14-10-9(17(18)19)11(20-2)16-8-15-10/h8,13H,3-7H2,1-2H3,(H,14,15,16). The summed E-state index contributed by atoms with van der Waals surface area (Å²) in [5.74, 6) is 0.185. The van der Waals surface area contributed by atoms with Crippen LogP contribution in [0.2, 0.25) is 0 Å². The molecule has 0 amide bonds. The zero-order valence-corrected chi connectivity index (χ0v) is 11.7. The highest BCUT2D eigenvalue weighted by Crippen LogP contribution is 2.33. The number of ether oxygens (including phenoxy) is 1. The third-order valence-corrected chi connectivity index (χ3v) is 3.66. The molecule has 2 heterocycles. The topological polar surface area (TPSA) is 102 Å². The van der Waals surface area contributed by atoms with Gasteiger partial charge in [0.2, 0.25) is 5.82 Å². The van der Waals surface area contributed by atoms with Crippen LogP contribution < -0.4 is 15.4 Å². The molecule has 1 aromatic heterocycles. The van der Waals surface area contributed by atoms with Gasteiger partial charge in [0.05, 0.1) is 12.0 Å². The molecule has 0 saturated carbocycles. The third kappa shape index (κ3) is 3.13. The Balaban J connectivity index is 2.14. The fraction of sp³-hybridized carbons (Fsp3) is 0.667. The molecule has 1 aliphatic heterocycles. The van der Waals surface area contributed by atoms with Gasteiger partial charge in [0.25, 0.3) is 5.88 Å². The number of anilines is 1. The van der Waals surface area contributed by atoms with Gasteiger partial charge in [0.15, 0.2) is 0 Å². The van der Waals surface area contributed by atoms with Gasteiger partial charge < -0.3 is 15.4 Å². The first kappa shape index (κ1) is 14.4. The van der Waals surface area contributed by atoms with Gasteiger partial charge in [-0.15, -0.1) is 0 Å². The molecule has 0 radical (unpaired) electrons. The third-order valence-electron chi connectivity index (χ3n) is 3.66. The normalized spacial score (nSPS) is 17.5. The maximum absolute atomic E-state index is 11.1. The fourth-order valence-corrected chi connectivity index (χ4v) is 2.31. The first-order valence-electron chi connectivity index (χ1n) is 6.54. The van der Waals surface area contributed by atoms with E-state index in [2.05, 4.69) is 27.5 Å². The van der Waals surface area contributed by atoms with Gasteiger partial charge in [0, 0.05) is 6.54 Å². The minimum Gasteiger partial charge on any atom is -0.476 e. The summed E-state index contributed by atoms with van der Waals surface area (Å²) in [5, 5.41) is 17.5. The van der Waals surface area contributed by atoms with Crippen LogP contribution in [0.1, 0.15) is 19.8 Å². The maximum atomic E-state index is 11.1. The van der Waals surface area contributed by atoms with Crippen LogP contribution in [-0.4, -0.2) is 41.6 Å². The number of hydrogen-bond donors (Lipinski definition) is 2. The first-order chi connectivity index (χ1) is 9.56. The summed E-state index contributed by atoms with van der Waals surface area (Å²) >= 11 is 0. The molecule has 0 aliphatic carbocycles. The molecule has 0 unspecified atom stereocenters. The van der Waals surface area contributed by atoms with Gasteiger partial charge in [-0.3, -0.25) is 10.1 Å². The van der Waals surface area contributed by atoms with Crippen LogP contribution in [0.5, 0.6) is 5.88 Å². The number of piperidine rings is 1. The SMILES string of the molecule is COc1ncnc(NCC2(C)CCNCC2)c1[N+](=O)[O-]. The molecule has 0 aromatic carbocycles. The monoisotopic (exact) mass is 281 g/mol. The van der Waals surface area contributed by atoms with Crippen molar-refractivity contribution in [2.45, 2.75) is 19.8 Å². The summed E-state index contributed by atoms with van der Waals surface area (Å²) in [5.41, 5.74) is -0.107. The zero-order valence-electron chi connectivity index (χ0n) is 11.7. The lowest BCUT2D eigenvalue weighted by Crippen LogP contribution is -2.39. The van der Waals surface area contributed by atoms with Gasteiger partial charge in [-0.25, -0.2) is 4.98 Å². The Labute approximate surface area is 117 Å². The van der Waals surface area contributed by atoms with Crippen LogP contribution >= 0.6 is 0 Å². The quantitative estimate of drug-likeness (QED) is 0.617. The molecule has 1 aromatic rings. The van der Waals surface area contributed by atoms with Crippen LogP contribution in [0.3, 0.4) is 0 Å². The van der Waals surface area contributed by atoms with Gasteiger partial charge in [-0.2, -0.15) is 4.98 Å². The lowest BCUT2D eigenvalue weighted by Gasteiger charge is -2.34. The van der Waals surface area contributed by atoms with Gasteiger partial charge >= 0.3 is 5.69 Å². The van der Waals surface area contributed by atoms with Crippen molar-refractivity contribution >= 4 is 11.5 Å². The Kier molecular flexibility index (Phi) is 4.33. The van der Waals surface area contributed by atoms with Crippen LogP contribution in [-0.2, 0) is 0 Å². The van der Waals surface area contributed by atoms with Crippen LogP contribution in [0.15, 0.2) is 6.33 Å². The van der Waals surface area contributed by atoms with Crippen molar-refractivity contribution in [3.8, 4) is 5.88 Å². The Morgan fingerprint density at radius 3 is 2.80 bits per heavy atom. The van der Waals surface area contributed by atoms with E-state index >= 15 is 0 Å². The molecule has 2 N–H and O–H groups in total. The number of aromatic nitrogens is 2. The van der Waals surface area contributed by atoms with E-state index in [1.54, 1.807) is 0 Å². The van der Waals surface area contributed by atoms with E-state index in [-0.39, 0.29) is 22.8 Å². The van der Waals surface area contributed by atoms with Crippen molar-refractivity contribution in [3.05, 3.63) is 16.4 Å². The molecule has 8 heteroatoms. The highest BCUT2D eigenvalue weighted by Gasteiger charge is 2.29. The van der Waals surface area contributed by atoms with Crippen molar-refractivity contribution < 1.29 is 9.66 Å². The zero-order chi connectivity index (χ0) is 14.6. The van der Waals surface area contributed by atoms with E-state index in [9.17, 15) is 10.1 Å².